The molecule has 2 atom stereocenters. The molecule has 0 aromatic rings. The molecule has 136 valence electrons. The average molecular weight is 343 g/mol. The van der Waals surface area contributed by atoms with Gasteiger partial charge in [0.1, 0.15) is 25.3 Å². The van der Waals surface area contributed by atoms with E-state index < -0.39 is 5.97 Å². The summed E-state index contributed by atoms with van der Waals surface area (Å²) >= 11 is 0. The first kappa shape index (κ1) is 29.4. The maximum Gasteiger partial charge on any atom is 0.104 e. The van der Waals surface area contributed by atoms with Crippen molar-refractivity contribution in [2.45, 2.75) is 26.1 Å². The van der Waals surface area contributed by atoms with Gasteiger partial charge in [0.2, 0.25) is 0 Å². The fourth-order valence-electron chi connectivity index (χ4n) is 1.59. The molecule has 0 amide bonds. The number of nitrogens with zero attached hydrogens (tertiary/aromatic N) is 2. The second-order valence-electron chi connectivity index (χ2n) is 7.17. The molecule has 7 heteroatoms. The van der Waals surface area contributed by atoms with Crippen molar-refractivity contribution < 1.29 is 41.5 Å². The normalized spacial score (nSPS) is 13.2. The maximum absolute atomic E-state index is 9.14. The van der Waals surface area contributed by atoms with E-state index in [-0.39, 0.29) is 24.6 Å². The maximum atomic E-state index is 9.14. The largest absolute Gasteiger partial charge is 1.00 e. The number of aliphatic hydroxyl groups is 2. The summed E-state index contributed by atoms with van der Waals surface area (Å²) in [4.78, 5) is 9.14. The molecule has 0 aliphatic rings. The van der Waals surface area contributed by atoms with Crippen LogP contribution in [0.5, 0.6) is 0 Å². The number of hydrogen-bond acceptors (Lipinski definition) is 4. The van der Waals surface area contributed by atoms with Gasteiger partial charge in [-0.2, -0.15) is 0 Å². The summed E-state index contributed by atoms with van der Waals surface area (Å²) in [6.45, 7) is 8.16. The Labute approximate surface area is 142 Å². The summed E-state index contributed by atoms with van der Waals surface area (Å²) in [6, 6.07) is 0. The molecule has 0 fully saturated rings. The van der Waals surface area contributed by atoms with Crippen LogP contribution in [0.2, 0.25) is 0 Å². The van der Waals surface area contributed by atoms with Crippen LogP contribution >= 0.6 is 0 Å². The SMILES string of the molecule is C=CC(=O)[O-].CC(O)C[N+](C)(C)C.CC(O)C[N+](C)(C)C.[Cl-]. The molecular weight excluding hydrogens is 308 g/mol. The van der Waals surface area contributed by atoms with Crippen molar-refractivity contribution in [3.8, 4) is 0 Å². The predicted molar refractivity (Wildman–Crippen MR) is 84.4 cm³/mol. The van der Waals surface area contributed by atoms with Gasteiger partial charge in [-0.25, -0.2) is 0 Å². The first-order valence-electron chi connectivity index (χ1n) is 6.91. The number of aliphatic hydroxyl groups excluding tert-OH is 2. The monoisotopic (exact) mass is 342 g/mol. The lowest BCUT2D eigenvalue weighted by atomic mass is 10.3. The minimum absolute atomic E-state index is 0. The predicted octanol–water partition coefficient (Wildman–Crippen LogP) is -3.93. The van der Waals surface area contributed by atoms with Gasteiger partial charge in [0.25, 0.3) is 0 Å². The van der Waals surface area contributed by atoms with E-state index in [1.54, 1.807) is 0 Å². The van der Waals surface area contributed by atoms with E-state index in [4.69, 9.17) is 20.1 Å². The van der Waals surface area contributed by atoms with E-state index in [0.717, 1.165) is 28.1 Å². The van der Waals surface area contributed by atoms with Crippen LogP contribution in [-0.4, -0.2) is 92.7 Å². The number of hydrogen-bond donors (Lipinski definition) is 2. The fraction of sp³-hybridized carbons (Fsp3) is 0.800. The van der Waals surface area contributed by atoms with Crippen LogP contribution in [0.15, 0.2) is 12.7 Å². The number of rotatable bonds is 5. The Morgan fingerprint density at radius 3 is 1.18 bits per heavy atom. The van der Waals surface area contributed by atoms with Gasteiger partial charge in [0.15, 0.2) is 0 Å². The highest BCUT2D eigenvalue weighted by molar-refractivity contribution is 5.76. The van der Waals surface area contributed by atoms with Crippen LogP contribution in [0.1, 0.15) is 13.8 Å². The second kappa shape index (κ2) is 14.0. The zero-order chi connectivity index (χ0) is 17.9. The zero-order valence-corrected chi connectivity index (χ0v) is 16.1. The summed E-state index contributed by atoms with van der Waals surface area (Å²) in [7, 11) is 12.4. The van der Waals surface area contributed by atoms with Crippen molar-refractivity contribution in [3.05, 3.63) is 12.7 Å². The molecule has 0 aliphatic heterocycles. The molecule has 0 heterocycles. The summed E-state index contributed by atoms with van der Waals surface area (Å²) in [5, 5.41) is 26.9. The van der Waals surface area contributed by atoms with Gasteiger partial charge in [0, 0.05) is 0 Å². The lowest BCUT2D eigenvalue weighted by Crippen LogP contribution is -3.00. The number of carboxylic acids is 1. The summed E-state index contributed by atoms with van der Waals surface area (Å²) in [5.74, 6) is -1.23. The van der Waals surface area contributed by atoms with Gasteiger partial charge in [-0.1, -0.05) is 6.58 Å². The molecule has 0 aliphatic carbocycles. The van der Waals surface area contributed by atoms with Crippen molar-refractivity contribution in [1.29, 1.82) is 0 Å². The van der Waals surface area contributed by atoms with E-state index in [1.165, 1.54) is 0 Å². The van der Waals surface area contributed by atoms with Crippen molar-refractivity contribution in [2.75, 3.05) is 55.4 Å². The molecule has 2 N–H and O–H groups in total. The number of likely N-dealkylation sites (N-methyl/N-ethyl adjacent to an activating group) is 2. The van der Waals surface area contributed by atoms with Gasteiger partial charge < -0.3 is 41.5 Å². The quantitative estimate of drug-likeness (QED) is 0.395. The Kier molecular flexibility index (Phi) is 18.6. The molecule has 2 unspecified atom stereocenters. The third kappa shape index (κ3) is 50.6. The molecule has 6 nitrogen and oxygen atoms in total. The number of quaternary nitrogens is 2. The van der Waals surface area contributed by atoms with Gasteiger partial charge >= 0.3 is 0 Å². The molecular formula is C15H35ClN2O4. The minimum Gasteiger partial charge on any atom is -1.00 e. The fourth-order valence-corrected chi connectivity index (χ4v) is 1.59. The van der Waals surface area contributed by atoms with Crippen LogP contribution in [0.25, 0.3) is 0 Å². The molecule has 0 bridgehead atoms. The third-order valence-corrected chi connectivity index (χ3v) is 1.79. The molecule has 0 radical (unpaired) electrons. The lowest BCUT2D eigenvalue weighted by molar-refractivity contribution is -0.873. The van der Waals surface area contributed by atoms with E-state index in [9.17, 15) is 0 Å². The molecule has 0 aromatic heterocycles. The second-order valence-corrected chi connectivity index (χ2v) is 7.17. The van der Waals surface area contributed by atoms with Crippen LogP contribution < -0.4 is 17.5 Å². The average Bonchev–Trinajstić information content (AvgIpc) is 2.10. The van der Waals surface area contributed by atoms with Crippen LogP contribution in [0.4, 0.5) is 0 Å². The standard InChI is InChI=1S/2C6H16NO.C3H4O2.ClH/c2*1-6(8)5-7(2,3)4;1-2-3(4)5;/h2*6,8H,5H2,1-4H3;2H,1H2,(H,4,5);1H/q2*+1;;/p-2. The van der Waals surface area contributed by atoms with Crippen molar-refractivity contribution in [3.63, 3.8) is 0 Å². The molecule has 0 rings (SSSR count). The topological polar surface area (TPSA) is 80.6 Å². The molecule has 22 heavy (non-hydrogen) atoms. The summed E-state index contributed by atoms with van der Waals surface area (Å²) < 4.78 is 1.66. The minimum atomic E-state index is -1.23. The Morgan fingerprint density at radius 1 is 1.00 bits per heavy atom. The molecule has 0 spiro atoms. The van der Waals surface area contributed by atoms with Crippen LogP contribution in [0, 0.1) is 0 Å². The third-order valence-electron chi connectivity index (χ3n) is 1.79. The first-order valence-corrected chi connectivity index (χ1v) is 6.91. The number of carbonyl (C=O) groups is 1. The number of carbonyl (C=O) groups excluding carboxylic acids is 1. The van der Waals surface area contributed by atoms with Crippen molar-refractivity contribution in [1.82, 2.24) is 0 Å². The van der Waals surface area contributed by atoms with E-state index >= 15 is 0 Å². The smallest absolute Gasteiger partial charge is 0.104 e. The molecule has 0 aromatic carbocycles. The van der Waals surface area contributed by atoms with Gasteiger partial charge in [0.05, 0.1) is 48.3 Å². The molecule has 0 saturated heterocycles. The Bertz CT molecular complexity index is 262. The number of halogens is 1. The van der Waals surface area contributed by atoms with Crippen LogP contribution in [-0.2, 0) is 4.79 Å². The highest BCUT2D eigenvalue weighted by Gasteiger charge is 2.10. The highest BCUT2D eigenvalue weighted by atomic mass is 35.5. The van der Waals surface area contributed by atoms with Gasteiger partial charge in [-0.3, -0.25) is 0 Å². The van der Waals surface area contributed by atoms with E-state index in [0.29, 0.717) is 0 Å². The molecule has 0 saturated carbocycles. The lowest BCUT2D eigenvalue weighted by Gasteiger charge is -2.24. The highest BCUT2D eigenvalue weighted by Crippen LogP contribution is 1.92. The van der Waals surface area contributed by atoms with Crippen molar-refractivity contribution >= 4 is 5.97 Å². The zero-order valence-electron chi connectivity index (χ0n) is 15.3. The summed E-state index contributed by atoms with van der Waals surface area (Å²) in [5.41, 5.74) is 0. The summed E-state index contributed by atoms with van der Waals surface area (Å²) in [6.07, 6.45) is 0.352. The van der Waals surface area contributed by atoms with E-state index in [1.807, 2.05) is 13.8 Å². The Morgan fingerprint density at radius 2 is 1.18 bits per heavy atom. The number of aliphatic carboxylic acids is 1. The Hall–Kier alpha value is -0.660. The van der Waals surface area contributed by atoms with Gasteiger partial charge in [-0.05, 0) is 19.9 Å². The van der Waals surface area contributed by atoms with Gasteiger partial charge in [-0.15, -0.1) is 0 Å². The van der Waals surface area contributed by atoms with E-state index in [2.05, 4.69) is 48.9 Å². The van der Waals surface area contributed by atoms with Crippen LogP contribution in [0.3, 0.4) is 0 Å². The number of carboxylic acid groups (broad SMARTS) is 1. The first-order chi connectivity index (χ1) is 9.10. The Balaban J connectivity index is -0.000000111. The van der Waals surface area contributed by atoms with Crippen molar-refractivity contribution in [2.24, 2.45) is 0 Å².